The second kappa shape index (κ2) is 7.82. The summed E-state index contributed by atoms with van der Waals surface area (Å²) in [6.45, 7) is 4.79. The number of halogens is 1. The third kappa shape index (κ3) is 3.60. The van der Waals surface area contributed by atoms with E-state index in [4.69, 9.17) is 4.98 Å². The smallest absolute Gasteiger partial charge is 0.274 e. The molecule has 1 aromatic carbocycles. The molecule has 3 aromatic heterocycles. The van der Waals surface area contributed by atoms with Crippen LogP contribution in [-0.4, -0.2) is 69.1 Å². The molecule has 31 heavy (non-hydrogen) atoms. The lowest BCUT2D eigenvalue weighted by molar-refractivity contribution is 0.0660. The summed E-state index contributed by atoms with van der Waals surface area (Å²) in [7, 11) is 2.05. The summed E-state index contributed by atoms with van der Waals surface area (Å²) < 4.78 is 14.1. The first-order valence-electron chi connectivity index (χ1n) is 10.0. The number of carbonyl (C=O) groups excluding carboxylic acids is 1. The zero-order valence-corrected chi connectivity index (χ0v) is 18.0. The van der Waals surface area contributed by atoms with Gasteiger partial charge in [-0.05, 0) is 37.7 Å². The summed E-state index contributed by atoms with van der Waals surface area (Å²) >= 11 is 1.39. The number of benzene rings is 1. The first kappa shape index (κ1) is 19.8. The van der Waals surface area contributed by atoms with Gasteiger partial charge in [0.15, 0.2) is 0 Å². The molecule has 0 unspecified atom stereocenters. The van der Waals surface area contributed by atoms with E-state index in [1.54, 1.807) is 12.4 Å². The van der Waals surface area contributed by atoms with E-state index in [-0.39, 0.29) is 11.7 Å². The molecule has 0 radical (unpaired) electrons. The van der Waals surface area contributed by atoms with Crippen LogP contribution in [0.3, 0.4) is 0 Å². The summed E-state index contributed by atoms with van der Waals surface area (Å²) in [6, 6.07) is 6.66. The number of aryl methyl sites for hydroxylation is 1. The molecule has 1 aliphatic rings. The van der Waals surface area contributed by atoms with Gasteiger partial charge in [-0.3, -0.25) is 14.9 Å². The first-order valence-corrected chi connectivity index (χ1v) is 10.9. The Balaban J connectivity index is 1.63. The fourth-order valence-corrected chi connectivity index (χ4v) is 4.89. The minimum Gasteiger partial charge on any atom is -0.335 e. The quantitative estimate of drug-likeness (QED) is 0.531. The van der Waals surface area contributed by atoms with E-state index >= 15 is 0 Å². The first-order chi connectivity index (χ1) is 15.0. The molecule has 9 heteroatoms. The SMILES string of the molecule is Cc1cc(F)cc2c(-c3nc(C(=O)N4CCN(C)CC4)c(-c4cccnc4)s3)[nH]nc12. The molecule has 1 N–H and O–H groups in total. The molecule has 0 atom stereocenters. The van der Waals surface area contributed by atoms with Crippen molar-refractivity contribution in [1.29, 1.82) is 0 Å². The number of nitrogens with one attached hydrogen (secondary N) is 1. The van der Waals surface area contributed by atoms with Crippen molar-refractivity contribution in [3.8, 4) is 21.1 Å². The number of carbonyl (C=O) groups is 1. The standard InChI is InChI=1S/C22H21FN6OS/c1-13-10-15(23)11-16-17(13)26-27-18(16)21-25-19(20(31-21)14-4-3-5-24-12-14)22(30)29-8-6-28(2)7-9-29/h3-5,10-12H,6-9H2,1-2H3,(H,26,27). The highest BCUT2D eigenvalue weighted by Gasteiger charge is 2.28. The molecule has 158 valence electrons. The van der Waals surface area contributed by atoms with Crippen LogP contribution in [0, 0.1) is 12.7 Å². The van der Waals surface area contributed by atoms with Crippen LogP contribution in [0.4, 0.5) is 4.39 Å². The maximum atomic E-state index is 14.1. The molecule has 5 rings (SSSR count). The number of rotatable bonds is 3. The van der Waals surface area contributed by atoms with Crippen molar-refractivity contribution in [2.75, 3.05) is 33.2 Å². The minimum atomic E-state index is -0.328. The highest BCUT2D eigenvalue weighted by atomic mass is 32.1. The van der Waals surface area contributed by atoms with Gasteiger partial charge < -0.3 is 9.80 Å². The molecule has 0 bridgehead atoms. The van der Waals surface area contributed by atoms with Crippen molar-refractivity contribution in [1.82, 2.24) is 30.0 Å². The monoisotopic (exact) mass is 436 g/mol. The Morgan fingerprint density at radius 2 is 2.03 bits per heavy atom. The lowest BCUT2D eigenvalue weighted by Gasteiger charge is -2.32. The van der Waals surface area contributed by atoms with Gasteiger partial charge in [0.05, 0.1) is 10.4 Å². The Kier molecular flexibility index (Phi) is 4.99. The topological polar surface area (TPSA) is 78.0 Å². The molecule has 7 nitrogen and oxygen atoms in total. The van der Waals surface area contributed by atoms with Gasteiger partial charge in [0.25, 0.3) is 5.91 Å². The van der Waals surface area contributed by atoms with Gasteiger partial charge in [-0.15, -0.1) is 11.3 Å². The van der Waals surface area contributed by atoms with Crippen LogP contribution in [0.5, 0.6) is 0 Å². The average molecular weight is 437 g/mol. The fourth-order valence-electron chi connectivity index (χ4n) is 3.83. The highest BCUT2D eigenvalue weighted by molar-refractivity contribution is 7.18. The lowest BCUT2D eigenvalue weighted by atomic mass is 10.1. The Morgan fingerprint density at radius 1 is 1.23 bits per heavy atom. The lowest BCUT2D eigenvalue weighted by Crippen LogP contribution is -2.47. The molecule has 0 aliphatic carbocycles. The second-order valence-electron chi connectivity index (χ2n) is 7.75. The zero-order valence-electron chi connectivity index (χ0n) is 17.2. The third-order valence-corrected chi connectivity index (χ3v) is 6.69. The van der Waals surface area contributed by atoms with Gasteiger partial charge in [-0.1, -0.05) is 6.07 Å². The molecule has 1 amide bonds. The van der Waals surface area contributed by atoms with Gasteiger partial charge in [0, 0.05) is 49.5 Å². The van der Waals surface area contributed by atoms with Crippen LogP contribution in [0.1, 0.15) is 16.1 Å². The van der Waals surface area contributed by atoms with Crippen LogP contribution in [0.25, 0.3) is 32.0 Å². The number of thiazole rings is 1. The van der Waals surface area contributed by atoms with Crippen molar-refractivity contribution >= 4 is 28.1 Å². The van der Waals surface area contributed by atoms with E-state index in [9.17, 15) is 9.18 Å². The molecule has 4 aromatic rings. The van der Waals surface area contributed by atoms with E-state index in [2.05, 4.69) is 20.1 Å². The molecule has 1 saturated heterocycles. The number of nitrogens with zero attached hydrogens (tertiary/aromatic N) is 5. The van der Waals surface area contributed by atoms with Crippen molar-refractivity contribution < 1.29 is 9.18 Å². The largest absolute Gasteiger partial charge is 0.335 e. The molecular weight excluding hydrogens is 415 g/mol. The number of fused-ring (bicyclic) bond motifs is 1. The summed E-state index contributed by atoms with van der Waals surface area (Å²) in [5.41, 5.74) is 3.28. The van der Waals surface area contributed by atoms with Crippen molar-refractivity contribution in [3.63, 3.8) is 0 Å². The van der Waals surface area contributed by atoms with Gasteiger partial charge in [-0.2, -0.15) is 5.10 Å². The maximum Gasteiger partial charge on any atom is 0.274 e. The third-order valence-electron chi connectivity index (χ3n) is 5.57. The Labute approximate surface area is 182 Å². The molecular formula is C22H21FN6OS. The second-order valence-corrected chi connectivity index (χ2v) is 8.75. The summed E-state index contributed by atoms with van der Waals surface area (Å²) in [6.07, 6.45) is 3.42. The average Bonchev–Trinajstić information content (AvgIpc) is 3.39. The molecule has 1 fully saturated rings. The maximum absolute atomic E-state index is 14.1. The fraction of sp³-hybridized carbons (Fsp3) is 0.273. The number of piperazine rings is 1. The molecule has 1 aliphatic heterocycles. The number of amides is 1. The molecule has 4 heterocycles. The molecule has 0 saturated carbocycles. The zero-order chi connectivity index (χ0) is 21.5. The molecule has 0 spiro atoms. The number of aromatic nitrogens is 4. The predicted molar refractivity (Wildman–Crippen MR) is 119 cm³/mol. The van der Waals surface area contributed by atoms with Gasteiger partial charge >= 0.3 is 0 Å². The van der Waals surface area contributed by atoms with Crippen LogP contribution in [-0.2, 0) is 0 Å². The number of hydrogen-bond acceptors (Lipinski definition) is 6. The van der Waals surface area contributed by atoms with Crippen molar-refractivity contribution in [2.24, 2.45) is 0 Å². The van der Waals surface area contributed by atoms with E-state index < -0.39 is 0 Å². The predicted octanol–water partition coefficient (Wildman–Crippen LogP) is 3.58. The highest BCUT2D eigenvalue weighted by Crippen LogP contribution is 2.38. The summed E-state index contributed by atoms with van der Waals surface area (Å²) in [5.74, 6) is -0.425. The van der Waals surface area contributed by atoms with Crippen LogP contribution < -0.4 is 0 Å². The van der Waals surface area contributed by atoms with Crippen molar-refractivity contribution in [3.05, 3.63) is 53.7 Å². The van der Waals surface area contributed by atoms with E-state index in [0.717, 1.165) is 29.1 Å². The van der Waals surface area contributed by atoms with Crippen LogP contribution in [0.2, 0.25) is 0 Å². The van der Waals surface area contributed by atoms with E-state index in [0.29, 0.717) is 40.4 Å². The Hall–Kier alpha value is -3.17. The van der Waals surface area contributed by atoms with Crippen LogP contribution in [0.15, 0.2) is 36.7 Å². The van der Waals surface area contributed by atoms with Gasteiger partial charge in [0.1, 0.15) is 22.2 Å². The van der Waals surface area contributed by atoms with E-state index in [1.807, 2.05) is 31.0 Å². The number of aromatic amines is 1. The summed E-state index contributed by atoms with van der Waals surface area (Å²) in [5, 5.41) is 8.61. The summed E-state index contributed by atoms with van der Waals surface area (Å²) in [4.78, 5) is 27.1. The number of pyridine rings is 1. The Bertz CT molecular complexity index is 1260. The minimum absolute atomic E-state index is 0.0966. The van der Waals surface area contributed by atoms with Crippen LogP contribution >= 0.6 is 11.3 Å². The van der Waals surface area contributed by atoms with Gasteiger partial charge in [-0.25, -0.2) is 9.37 Å². The normalized spacial score (nSPS) is 15.0. The van der Waals surface area contributed by atoms with Crippen molar-refractivity contribution in [2.45, 2.75) is 6.92 Å². The van der Waals surface area contributed by atoms with E-state index in [1.165, 1.54) is 23.5 Å². The Morgan fingerprint density at radius 3 is 2.77 bits per heavy atom. The number of likely N-dealkylation sites (N-methyl/N-ethyl adjacent to an activating group) is 1. The van der Waals surface area contributed by atoms with Gasteiger partial charge in [0.2, 0.25) is 0 Å². The number of H-pyrrole nitrogens is 1. The number of hydrogen-bond donors (Lipinski definition) is 1.